The number of rotatable bonds is 6. The van der Waals surface area contributed by atoms with E-state index in [1.54, 1.807) is 4.68 Å². The highest BCUT2D eigenvalue weighted by atomic mass is 16.5. The summed E-state index contributed by atoms with van der Waals surface area (Å²) in [5.41, 5.74) is 12.0. The highest BCUT2D eigenvalue weighted by Gasteiger charge is 2.22. The summed E-state index contributed by atoms with van der Waals surface area (Å²) in [7, 11) is 0. The van der Waals surface area contributed by atoms with E-state index in [4.69, 9.17) is 15.4 Å². The molecule has 6 rings (SSSR count). The Morgan fingerprint density at radius 2 is 1.76 bits per heavy atom. The van der Waals surface area contributed by atoms with Gasteiger partial charge in [0.05, 0.1) is 23.2 Å². The van der Waals surface area contributed by atoms with Crippen molar-refractivity contribution < 1.29 is 9.32 Å². The van der Waals surface area contributed by atoms with E-state index >= 15 is 0 Å². The topological polar surface area (TPSA) is 125 Å². The van der Waals surface area contributed by atoms with E-state index in [2.05, 4.69) is 44.7 Å². The summed E-state index contributed by atoms with van der Waals surface area (Å²) >= 11 is 0. The minimum Gasteiger partial charge on any atom is -0.383 e. The Hall–Kier alpha value is -4.53. The predicted molar refractivity (Wildman–Crippen MR) is 160 cm³/mol. The van der Waals surface area contributed by atoms with Gasteiger partial charge in [-0.25, -0.2) is 14.6 Å². The van der Waals surface area contributed by atoms with Crippen LogP contribution in [-0.2, 0) is 16.6 Å². The lowest BCUT2D eigenvalue weighted by atomic mass is 9.84. The number of nitrogens with zero attached hydrogens (tertiary/aromatic N) is 5. The van der Waals surface area contributed by atoms with Crippen LogP contribution in [0, 0.1) is 0 Å². The van der Waals surface area contributed by atoms with Crippen LogP contribution in [0.15, 0.2) is 65.4 Å². The first-order valence-corrected chi connectivity index (χ1v) is 14.2. The van der Waals surface area contributed by atoms with Crippen molar-refractivity contribution in [3.63, 3.8) is 0 Å². The molecule has 3 N–H and O–H groups in total. The maximum atomic E-state index is 12.7. The molecule has 0 saturated heterocycles. The molecule has 0 unspecified atom stereocenters. The van der Waals surface area contributed by atoms with Gasteiger partial charge in [-0.1, -0.05) is 69.5 Å². The number of aromatic nitrogens is 5. The molecule has 41 heavy (non-hydrogen) atoms. The molecule has 3 heterocycles. The number of fused-ring (bicyclic) bond motifs is 1. The van der Waals surface area contributed by atoms with Crippen LogP contribution in [0.25, 0.3) is 28.0 Å². The van der Waals surface area contributed by atoms with E-state index in [0.717, 1.165) is 28.1 Å². The molecule has 1 aliphatic rings. The van der Waals surface area contributed by atoms with Gasteiger partial charge in [0, 0.05) is 22.7 Å². The highest BCUT2D eigenvalue weighted by Crippen LogP contribution is 2.36. The SMILES string of the molecule is CC(C)(C)c1cc(CC(=O)Nc2ccc(-n3nc(-c4ccc(C5CCCCC5)cc4)c4c(N)ncnc43)cc2)no1. The summed E-state index contributed by atoms with van der Waals surface area (Å²) in [6.45, 7) is 6.12. The second kappa shape index (κ2) is 10.8. The molecular weight excluding hydrogens is 514 g/mol. The van der Waals surface area contributed by atoms with E-state index < -0.39 is 0 Å². The minimum atomic E-state index is -0.171. The third-order valence-electron chi connectivity index (χ3n) is 7.79. The molecule has 5 aromatic rings. The standard InChI is InChI=1S/C32H35N7O2/c1-32(2,3)26-17-24(38-41-26)18-27(40)36-23-13-15-25(16-14-23)39-31-28(30(33)34-19-35-31)29(37-39)22-11-9-21(10-12-22)20-7-5-4-6-8-20/h9-17,19-20H,4-8,18H2,1-3H3,(H,36,40)(H2,33,34,35). The highest BCUT2D eigenvalue weighted by molar-refractivity contribution is 5.99. The fourth-order valence-corrected chi connectivity index (χ4v) is 5.51. The van der Waals surface area contributed by atoms with Crippen molar-refractivity contribution in [3.05, 3.63) is 77.9 Å². The summed E-state index contributed by atoms with van der Waals surface area (Å²) in [5.74, 6) is 1.60. The molecule has 0 radical (unpaired) electrons. The van der Waals surface area contributed by atoms with Gasteiger partial charge in [0.15, 0.2) is 5.65 Å². The molecule has 210 valence electrons. The molecule has 1 fully saturated rings. The van der Waals surface area contributed by atoms with Crippen LogP contribution in [0.1, 0.15) is 75.8 Å². The first kappa shape index (κ1) is 26.7. The molecule has 1 amide bonds. The van der Waals surface area contributed by atoms with Crippen LogP contribution in [0.2, 0.25) is 0 Å². The van der Waals surface area contributed by atoms with Crippen molar-refractivity contribution in [1.82, 2.24) is 24.9 Å². The largest absolute Gasteiger partial charge is 0.383 e. The first-order valence-electron chi connectivity index (χ1n) is 14.2. The Morgan fingerprint density at radius 3 is 2.44 bits per heavy atom. The van der Waals surface area contributed by atoms with Crippen molar-refractivity contribution in [2.75, 3.05) is 11.1 Å². The quantitative estimate of drug-likeness (QED) is 0.245. The molecule has 1 aliphatic carbocycles. The number of amides is 1. The van der Waals surface area contributed by atoms with Gasteiger partial charge in [0.25, 0.3) is 0 Å². The Labute approximate surface area is 239 Å². The van der Waals surface area contributed by atoms with E-state index in [-0.39, 0.29) is 17.7 Å². The summed E-state index contributed by atoms with van der Waals surface area (Å²) < 4.78 is 7.17. The number of carbonyl (C=O) groups is 1. The third kappa shape index (κ3) is 5.57. The normalized spacial score (nSPS) is 14.4. The van der Waals surface area contributed by atoms with E-state index in [1.165, 1.54) is 44.0 Å². The number of benzene rings is 2. The Morgan fingerprint density at radius 1 is 1.02 bits per heavy atom. The third-order valence-corrected chi connectivity index (χ3v) is 7.79. The van der Waals surface area contributed by atoms with E-state index in [0.29, 0.717) is 28.8 Å². The van der Waals surface area contributed by atoms with E-state index in [9.17, 15) is 4.79 Å². The van der Waals surface area contributed by atoms with Gasteiger partial charge in [-0.05, 0) is 48.6 Å². The summed E-state index contributed by atoms with van der Waals surface area (Å²) in [4.78, 5) is 21.4. The average molecular weight is 550 g/mol. The Balaban J connectivity index is 1.23. The van der Waals surface area contributed by atoms with Crippen LogP contribution in [0.4, 0.5) is 11.5 Å². The van der Waals surface area contributed by atoms with Crippen molar-refractivity contribution in [2.45, 2.75) is 70.6 Å². The van der Waals surface area contributed by atoms with E-state index in [1.807, 2.05) is 51.1 Å². The fourth-order valence-electron chi connectivity index (χ4n) is 5.51. The smallest absolute Gasteiger partial charge is 0.230 e. The predicted octanol–water partition coefficient (Wildman–Crippen LogP) is 6.58. The van der Waals surface area contributed by atoms with Crippen LogP contribution < -0.4 is 11.1 Å². The second-order valence-electron chi connectivity index (χ2n) is 11.9. The molecule has 9 nitrogen and oxygen atoms in total. The number of hydrogen-bond donors (Lipinski definition) is 2. The monoisotopic (exact) mass is 549 g/mol. The lowest BCUT2D eigenvalue weighted by Gasteiger charge is -2.22. The molecule has 0 bridgehead atoms. The van der Waals surface area contributed by atoms with Gasteiger partial charge in [-0.15, -0.1) is 0 Å². The van der Waals surface area contributed by atoms with Gasteiger partial charge < -0.3 is 15.6 Å². The maximum Gasteiger partial charge on any atom is 0.230 e. The van der Waals surface area contributed by atoms with Crippen molar-refractivity contribution in [3.8, 4) is 16.9 Å². The number of nitrogens with two attached hydrogens (primary N) is 1. The average Bonchev–Trinajstić information content (AvgIpc) is 3.60. The van der Waals surface area contributed by atoms with Crippen molar-refractivity contribution >= 4 is 28.4 Å². The van der Waals surface area contributed by atoms with Crippen LogP contribution in [0.3, 0.4) is 0 Å². The van der Waals surface area contributed by atoms with Gasteiger partial charge in [0.2, 0.25) is 5.91 Å². The molecule has 0 spiro atoms. The maximum absolute atomic E-state index is 12.7. The van der Waals surface area contributed by atoms with Crippen molar-refractivity contribution in [2.24, 2.45) is 0 Å². The van der Waals surface area contributed by atoms with Gasteiger partial charge >= 0.3 is 0 Å². The number of nitrogens with one attached hydrogen (secondary N) is 1. The molecule has 2 aromatic carbocycles. The number of hydrogen-bond acceptors (Lipinski definition) is 7. The fraction of sp³-hybridized carbons (Fsp3) is 0.344. The van der Waals surface area contributed by atoms with Crippen molar-refractivity contribution in [1.29, 1.82) is 0 Å². The summed E-state index contributed by atoms with van der Waals surface area (Å²) in [5, 5.41) is 12.6. The summed E-state index contributed by atoms with van der Waals surface area (Å²) in [6, 6.07) is 18.0. The van der Waals surface area contributed by atoms with Gasteiger partial charge in [-0.3, -0.25) is 4.79 Å². The molecule has 3 aromatic heterocycles. The molecule has 1 saturated carbocycles. The van der Waals surface area contributed by atoms with Gasteiger partial charge in [0.1, 0.15) is 23.6 Å². The lowest BCUT2D eigenvalue weighted by Crippen LogP contribution is -2.14. The summed E-state index contributed by atoms with van der Waals surface area (Å²) in [6.07, 6.45) is 8.04. The molecule has 9 heteroatoms. The van der Waals surface area contributed by atoms with Crippen LogP contribution in [-0.4, -0.2) is 30.8 Å². The zero-order valence-electron chi connectivity index (χ0n) is 23.7. The minimum absolute atomic E-state index is 0.129. The first-order chi connectivity index (χ1) is 19.8. The second-order valence-corrected chi connectivity index (χ2v) is 11.9. The molecule has 0 atom stereocenters. The molecular formula is C32H35N7O2. The number of anilines is 2. The van der Waals surface area contributed by atoms with Gasteiger partial charge in [-0.2, -0.15) is 5.10 Å². The Bertz CT molecular complexity index is 1670. The zero-order chi connectivity index (χ0) is 28.6. The number of nitrogen functional groups attached to an aromatic ring is 1. The Kier molecular flexibility index (Phi) is 7.03. The molecule has 0 aliphatic heterocycles. The zero-order valence-corrected chi connectivity index (χ0v) is 23.7. The van der Waals surface area contributed by atoms with Crippen LogP contribution in [0.5, 0.6) is 0 Å². The lowest BCUT2D eigenvalue weighted by molar-refractivity contribution is -0.115. The number of carbonyl (C=O) groups excluding carboxylic acids is 1. The van der Waals surface area contributed by atoms with Crippen LogP contribution >= 0.6 is 0 Å².